The van der Waals surface area contributed by atoms with E-state index < -0.39 is 34.1 Å². The molecule has 0 fully saturated rings. The van der Waals surface area contributed by atoms with Crippen LogP contribution in [0.3, 0.4) is 0 Å². The number of ether oxygens (including phenoxy) is 1. The number of amides is 2. The molecule has 0 spiro atoms. The third kappa shape index (κ3) is 6.88. The topological polar surface area (TPSA) is 128 Å². The molecule has 2 amide bonds. The molecule has 3 atom stereocenters. The van der Waals surface area contributed by atoms with E-state index in [1.54, 1.807) is 31.2 Å². The lowest BCUT2D eigenvalue weighted by molar-refractivity contribution is -0.117. The molecule has 0 heterocycles. The minimum Gasteiger partial charge on any atom is -0.440 e. The maximum atomic E-state index is 12.6. The summed E-state index contributed by atoms with van der Waals surface area (Å²) >= 11 is 0. The summed E-state index contributed by atoms with van der Waals surface area (Å²) in [5.74, 6) is -0.967. The molecule has 1 rings (SSSR count). The van der Waals surface area contributed by atoms with E-state index in [0.717, 1.165) is 12.5 Å². The molecule has 0 radical (unpaired) electrons. The van der Waals surface area contributed by atoms with Gasteiger partial charge in [-0.25, -0.2) is 9.00 Å². The second-order valence-electron chi connectivity index (χ2n) is 5.16. The number of carbonyl (C=O) groups is 3. The van der Waals surface area contributed by atoms with E-state index in [1.165, 1.54) is 0 Å². The van der Waals surface area contributed by atoms with Gasteiger partial charge in [0.15, 0.2) is 0 Å². The van der Waals surface area contributed by atoms with Crippen LogP contribution in [0.5, 0.6) is 0 Å². The number of benzene rings is 1. The Bertz CT molecular complexity index is 698. The van der Waals surface area contributed by atoms with Gasteiger partial charge in [0, 0.05) is 19.4 Å². The van der Waals surface area contributed by atoms with Gasteiger partial charge in [0.2, 0.25) is 5.91 Å². The van der Waals surface area contributed by atoms with Crippen molar-refractivity contribution in [3.05, 3.63) is 35.9 Å². The monoisotopic (exact) mass is 355 g/mol. The Morgan fingerprint density at radius 1 is 1.38 bits per heavy atom. The third-order valence-corrected chi connectivity index (χ3v) is 4.84. The number of hydrogen-bond donors (Lipinski definition) is 2. The van der Waals surface area contributed by atoms with Crippen molar-refractivity contribution < 1.29 is 23.3 Å². The third-order valence-electron chi connectivity index (χ3n) is 2.91. The first kappa shape index (κ1) is 19.8. The van der Waals surface area contributed by atoms with Crippen molar-refractivity contribution in [1.82, 2.24) is 4.72 Å². The number of carbonyl (C=O) groups excluding carboxylic acids is 3. The van der Waals surface area contributed by atoms with Crippen molar-refractivity contribution in [2.24, 2.45) is 10.1 Å². The molecule has 24 heavy (non-hydrogen) atoms. The molecule has 0 aliphatic rings. The molecule has 0 bridgehead atoms. The van der Waals surface area contributed by atoms with Gasteiger partial charge in [0.25, 0.3) is 0 Å². The Labute approximate surface area is 141 Å². The number of nitrogens with one attached hydrogen (secondary N) is 1. The zero-order chi connectivity index (χ0) is 18.2. The number of aldehydes is 1. The van der Waals surface area contributed by atoms with Gasteiger partial charge >= 0.3 is 6.09 Å². The predicted molar refractivity (Wildman–Crippen MR) is 89.2 cm³/mol. The van der Waals surface area contributed by atoms with Crippen LogP contribution >= 0.6 is 0 Å². The Hall–Kier alpha value is -2.26. The normalized spacial score (nSPS) is 15.5. The van der Waals surface area contributed by atoms with Crippen LogP contribution in [0.2, 0.25) is 0 Å². The first-order chi connectivity index (χ1) is 11.3. The first-order valence-electron chi connectivity index (χ1n) is 7.23. The van der Waals surface area contributed by atoms with Gasteiger partial charge in [-0.3, -0.25) is 9.52 Å². The number of nitrogens with zero attached hydrogens (tertiary/aromatic N) is 1. The van der Waals surface area contributed by atoms with Crippen molar-refractivity contribution in [2.75, 3.05) is 5.75 Å². The van der Waals surface area contributed by atoms with Gasteiger partial charge in [0.1, 0.15) is 22.3 Å². The van der Waals surface area contributed by atoms with Crippen LogP contribution in [0.15, 0.2) is 34.7 Å². The first-order valence-corrected chi connectivity index (χ1v) is 8.92. The average molecular weight is 355 g/mol. The van der Waals surface area contributed by atoms with Gasteiger partial charge in [-0.05, 0) is 12.5 Å². The van der Waals surface area contributed by atoms with Crippen LogP contribution < -0.4 is 10.5 Å². The molecule has 9 heteroatoms. The fourth-order valence-corrected chi connectivity index (χ4v) is 3.55. The molecule has 1 unspecified atom stereocenters. The highest BCUT2D eigenvalue weighted by Gasteiger charge is 2.20. The number of hydrogen-bond acceptors (Lipinski definition) is 6. The van der Waals surface area contributed by atoms with Crippen molar-refractivity contribution in [3.63, 3.8) is 0 Å². The van der Waals surface area contributed by atoms with Gasteiger partial charge < -0.3 is 15.3 Å². The van der Waals surface area contributed by atoms with Crippen LogP contribution in [0.1, 0.15) is 31.9 Å². The number of rotatable bonds is 7. The SMILES string of the molecule is CC(=O)NS(=O)(C[C@@H](N)CC=O)=NC(=O)O[C@@H](C)c1ccccc1. The Balaban J connectivity index is 2.91. The largest absolute Gasteiger partial charge is 0.443 e. The maximum absolute atomic E-state index is 12.6. The molecule has 0 aliphatic carbocycles. The summed E-state index contributed by atoms with van der Waals surface area (Å²) in [5, 5.41) is 0. The second kappa shape index (κ2) is 9.14. The van der Waals surface area contributed by atoms with Crippen molar-refractivity contribution in [3.8, 4) is 0 Å². The summed E-state index contributed by atoms with van der Waals surface area (Å²) in [6, 6.07) is 8.13. The summed E-state index contributed by atoms with van der Waals surface area (Å²) in [7, 11) is -3.47. The maximum Gasteiger partial charge on any atom is 0.443 e. The van der Waals surface area contributed by atoms with Crippen LogP contribution in [0.25, 0.3) is 0 Å². The molecule has 132 valence electrons. The molecule has 0 saturated carbocycles. The van der Waals surface area contributed by atoms with E-state index in [4.69, 9.17) is 10.5 Å². The lowest BCUT2D eigenvalue weighted by Gasteiger charge is -2.15. The highest BCUT2D eigenvalue weighted by molar-refractivity contribution is 7.92. The average Bonchev–Trinajstić information content (AvgIpc) is 2.46. The molecular weight excluding hydrogens is 334 g/mol. The fraction of sp³-hybridized carbons (Fsp3) is 0.400. The van der Waals surface area contributed by atoms with E-state index in [2.05, 4.69) is 9.08 Å². The summed E-state index contributed by atoms with van der Waals surface area (Å²) < 4.78 is 23.3. The van der Waals surface area contributed by atoms with E-state index in [-0.39, 0.29) is 12.2 Å². The molecule has 1 aromatic carbocycles. The van der Waals surface area contributed by atoms with Crippen LogP contribution in [-0.4, -0.2) is 34.3 Å². The van der Waals surface area contributed by atoms with Gasteiger partial charge in [0.05, 0.1) is 5.75 Å². The zero-order valence-electron chi connectivity index (χ0n) is 13.5. The standard InChI is InChI=1S/C15H21N3O5S/c1-11(13-6-4-3-5-7-13)23-15(21)18-24(22,17-12(2)20)10-14(16)8-9-19/h3-7,9,11,14H,8,10,16H2,1-2H3,(H,17,18,20,21,22)/t11-,14-,24?/m0/s1. The Morgan fingerprint density at radius 2 is 2.00 bits per heavy atom. The molecule has 3 N–H and O–H groups in total. The van der Waals surface area contributed by atoms with Gasteiger partial charge in [-0.1, -0.05) is 30.3 Å². The van der Waals surface area contributed by atoms with Gasteiger partial charge in [-0.2, -0.15) is 0 Å². The van der Waals surface area contributed by atoms with E-state index in [9.17, 15) is 18.6 Å². The van der Waals surface area contributed by atoms with Crippen LogP contribution in [0, 0.1) is 0 Å². The molecule has 0 aromatic heterocycles. The Kier molecular flexibility index (Phi) is 7.53. The molecule has 1 aromatic rings. The Morgan fingerprint density at radius 3 is 2.54 bits per heavy atom. The highest BCUT2D eigenvalue weighted by Crippen LogP contribution is 2.17. The minimum atomic E-state index is -3.47. The summed E-state index contributed by atoms with van der Waals surface area (Å²) in [6.45, 7) is 2.78. The van der Waals surface area contributed by atoms with Crippen molar-refractivity contribution >= 4 is 28.2 Å². The molecule has 8 nitrogen and oxygen atoms in total. The fourth-order valence-electron chi connectivity index (χ4n) is 1.89. The lowest BCUT2D eigenvalue weighted by Crippen LogP contribution is -2.39. The quantitative estimate of drug-likeness (QED) is 0.710. The molecule has 0 aliphatic heterocycles. The lowest BCUT2D eigenvalue weighted by atomic mass is 10.1. The van der Waals surface area contributed by atoms with Gasteiger partial charge in [-0.15, -0.1) is 4.36 Å². The molecule has 0 saturated heterocycles. The van der Waals surface area contributed by atoms with Crippen LogP contribution in [0.4, 0.5) is 4.79 Å². The minimum absolute atomic E-state index is 0.0679. The highest BCUT2D eigenvalue weighted by atomic mass is 32.2. The van der Waals surface area contributed by atoms with E-state index in [0.29, 0.717) is 6.29 Å². The van der Waals surface area contributed by atoms with Crippen molar-refractivity contribution in [2.45, 2.75) is 32.4 Å². The van der Waals surface area contributed by atoms with E-state index in [1.807, 2.05) is 6.07 Å². The number of nitrogens with two attached hydrogens (primary N) is 1. The zero-order valence-corrected chi connectivity index (χ0v) is 14.3. The summed E-state index contributed by atoms with van der Waals surface area (Å²) in [6.07, 6.45) is -1.19. The summed E-state index contributed by atoms with van der Waals surface area (Å²) in [4.78, 5) is 33.6. The second-order valence-corrected chi connectivity index (χ2v) is 7.16. The van der Waals surface area contributed by atoms with Crippen LogP contribution in [-0.2, 0) is 24.2 Å². The van der Waals surface area contributed by atoms with Crippen molar-refractivity contribution in [1.29, 1.82) is 0 Å². The summed E-state index contributed by atoms with van der Waals surface area (Å²) in [5.41, 5.74) is 6.38. The predicted octanol–water partition coefficient (Wildman–Crippen LogP) is 1.32. The van der Waals surface area contributed by atoms with E-state index >= 15 is 0 Å². The molecular formula is C15H21N3O5S. The smallest absolute Gasteiger partial charge is 0.440 e.